The molecular weight excluding hydrogens is 334 g/mol. The molecule has 3 atom stereocenters. The first-order valence-electron chi connectivity index (χ1n) is 9.39. The number of rotatable bonds is 5. The van der Waals surface area contributed by atoms with Gasteiger partial charge in [0.1, 0.15) is 0 Å². The van der Waals surface area contributed by atoms with Crippen molar-refractivity contribution < 1.29 is 24.5 Å². The van der Waals surface area contributed by atoms with Crippen molar-refractivity contribution in [3.8, 4) is 11.5 Å². The van der Waals surface area contributed by atoms with Gasteiger partial charge in [-0.2, -0.15) is 0 Å². The molecule has 6 heteroatoms. The molecule has 0 radical (unpaired) electrons. The van der Waals surface area contributed by atoms with E-state index in [0.29, 0.717) is 24.5 Å². The van der Waals surface area contributed by atoms with Gasteiger partial charge >= 0.3 is 6.09 Å². The Bertz CT molecular complexity index is 656. The Morgan fingerprint density at radius 3 is 2.58 bits per heavy atom. The Kier molecular flexibility index (Phi) is 5.32. The largest absolute Gasteiger partial charge is 0.493 e. The van der Waals surface area contributed by atoms with E-state index in [1.165, 1.54) is 17.7 Å². The van der Waals surface area contributed by atoms with E-state index in [0.717, 1.165) is 18.4 Å². The molecule has 2 fully saturated rings. The minimum Gasteiger partial charge on any atom is -0.493 e. The average molecular weight is 363 g/mol. The van der Waals surface area contributed by atoms with E-state index in [9.17, 15) is 15.0 Å². The number of nitrogens with zero attached hydrogens (tertiary/aromatic N) is 1. The summed E-state index contributed by atoms with van der Waals surface area (Å²) in [5.74, 6) is 1.31. The van der Waals surface area contributed by atoms with Gasteiger partial charge in [-0.3, -0.25) is 0 Å². The van der Waals surface area contributed by atoms with Crippen LogP contribution in [0.1, 0.15) is 57.6 Å². The Balaban J connectivity index is 1.98. The van der Waals surface area contributed by atoms with Gasteiger partial charge in [-0.15, -0.1) is 0 Å². The predicted octanol–water partition coefficient (Wildman–Crippen LogP) is 3.83. The molecule has 1 aliphatic carbocycles. The summed E-state index contributed by atoms with van der Waals surface area (Å²) in [4.78, 5) is 13.2. The molecule has 1 aromatic rings. The Morgan fingerprint density at radius 1 is 1.31 bits per heavy atom. The van der Waals surface area contributed by atoms with E-state index >= 15 is 0 Å². The van der Waals surface area contributed by atoms with Crippen LogP contribution in [-0.4, -0.2) is 47.1 Å². The van der Waals surface area contributed by atoms with Crippen molar-refractivity contribution >= 4 is 6.09 Å². The molecule has 3 rings (SSSR count). The Labute approximate surface area is 154 Å². The number of amides is 1. The molecule has 1 saturated heterocycles. The monoisotopic (exact) mass is 363 g/mol. The number of carbonyl (C=O) groups is 1. The lowest BCUT2D eigenvalue weighted by molar-refractivity contribution is 0.0225. The fourth-order valence-corrected chi connectivity index (χ4v) is 4.33. The highest BCUT2D eigenvalue weighted by Gasteiger charge is 2.49. The molecular formula is C20H29NO5. The van der Waals surface area contributed by atoms with Crippen molar-refractivity contribution in [2.45, 2.75) is 64.2 Å². The van der Waals surface area contributed by atoms with Crippen molar-refractivity contribution in [1.29, 1.82) is 0 Å². The van der Waals surface area contributed by atoms with Gasteiger partial charge in [-0.1, -0.05) is 13.0 Å². The SMILES string of the molecule is COc1ccc(C2N(C(=O)O)CCC2(C)C(C)O)cc1OC1CCCC1. The number of carboxylic acid groups (broad SMARTS) is 1. The minimum absolute atomic E-state index is 0.182. The maximum atomic E-state index is 11.8. The molecule has 1 amide bonds. The van der Waals surface area contributed by atoms with Crippen molar-refractivity contribution in [1.82, 2.24) is 4.90 Å². The number of benzene rings is 1. The topological polar surface area (TPSA) is 79.2 Å². The second-order valence-corrected chi connectivity index (χ2v) is 7.74. The fraction of sp³-hybridized carbons (Fsp3) is 0.650. The number of likely N-dealkylation sites (tertiary alicyclic amines) is 1. The quantitative estimate of drug-likeness (QED) is 0.831. The highest BCUT2D eigenvalue weighted by atomic mass is 16.5. The van der Waals surface area contributed by atoms with Crippen LogP contribution < -0.4 is 9.47 Å². The molecule has 0 bridgehead atoms. The fourth-order valence-electron chi connectivity index (χ4n) is 4.33. The van der Waals surface area contributed by atoms with Gasteiger partial charge in [-0.05, 0) is 56.7 Å². The smallest absolute Gasteiger partial charge is 0.407 e. The molecule has 2 aliphatic rings. The van der Waals surface area contributed by atoms with E-state index in [-0.39, 0.29) is 6.10 Å². The number of hydrogen-bond donors (Lipinski definition) is 2. The van der Waals surface area contributed by atoms with Crippen LogP contribution in [-0.2, 0) is 0 Å². The molecule has 1 aromatic carbocycles. The Hall–Kier alpha value is -1.95. The highest BCUT2D eigenvalue weighted by Crippen LogP contribution is 2.50. The molecule has 1 saturated carbocycles. The average Bonchev–Trinajstić information content (AvgIpc) is 3.23. The van der Waals surface area contributed by atoms with E-state index in [4.69, 9.17) is 9.47 Å². The van der Waals surface area contributed by atoms with Crippen molar-refractivity contribution in [3.63, 3.8) is 0 Å². The summed E-state index contributed by atoms with van der Waals surface area (Å²) >= 11 is 0. The molecule has 0 aromatic heterocycles. The van der Waals surface area contributed by atoms with E-state index in [2.05, 4.69) is 0 Å². The van der Waals surface area contributed by atoms with Gasteiger partial charge in [0.15, 0.2) is 11.5 Å². The molecule has 0 spiro atoms. The van der Waals surface area contributed by atoms with Crippen LogP contribution in [0, 0.1) is 5.41 Å². The van der Waals surface area contributed by atoms with Gasteiger partial charge in [0.05, 0.1) is 25.4 Å². The molecule has 6 nitrogen and oxygen atoms in total. The normalized spacial score (nSPS) is 27.5. The predicted molar refractivity (Wildman–Crippen MR) is 97.8 cm³/mol. The minimum atomic E-state index is -0.964. The van der Waals surface area contributed by atoms with Gasteiger partial charge in [0.25, 0.3) is 0 Å². The molecule has 3 unspecified atom stereocenters. The second-order valence-electron chi connectivity index (χ2n) is 7.74. The maximum absolute atomic E-state index is 11.8. The van der Waals surface area contributed by atoms with Crippen molar-refractivity contribution in [2.75, 3.05) is 13.7 Å². The first kappa shape index (κ1) is 18.8. The van der Waals surface area contributed by atoms with E-state index in [1.807, 2.05) is 25.1 Å². The summed E-state index contributed by atoms with van der Waals surface area (Å²) in [7, 11) is 1.61. The van der Waals surface area contributed by atoms with Gasteiger partial charge < -0.3 is 24.6 Å². The maximum Gasteiger partial charge on any atom is 0.407 e. The third kappa shape index (κ3) is 3.34. The third-order valence-electron chi connectivity index (χ3n) is 6.13. The van der Waals surface area contributed by atoms with Crippen LogP contribution in [0.15, 0.2) is 18.2 Å². The van der Waals surface area contributed by atoms with Gasteiger partial charge in [0, 0.05) is 12.0 Å². The van der Waals surface area contributed by atoms with E-state index < -0.39 is 23.7 Å². The molecule has 144 valence electrons. The van der Waals surface area contributed by atoms with Crippen LogP contribution in [0.25, 0.3) is 0 Å². The highest BCUT2D eigenvalue weighted by molar-refractivity contribution is 5.67. The van der Waals surface area contributed by atoms with Crippen LogP contribution in [0.4, 0.5) is 4.79 Å². The first-order chi connectivity index (χ1) is 12.4. The molecule has 26 heavy (non-hydrogen) atoms. The van der Waals surface area contributed by atoms with Gasteiger partial charge in [0.2, 0.25) is 0 Å². The molecule has 2 N–H and O–H groups in total. The molecule has 1 aliphatic heterocycles. The zero-order valence-electron chi connectivity index (χ0n) is 15.8. The summed E-state index contributed by atoms with van der Waals surface area (Å²) in [6, 6.07) is 5.19. The second kappa shape index (κ2) is 7.35. The zero-order chi connectivity index (χ0) is 18.9. The summed E-state index contributed by atoms with van der Waals surface area (Å²) < 4.78 is 11.6. The number of ether oxygens (including phenoxy) is 2. The number of hydrogen-bond acceptors (Lipinski definition) is 4. The van der Waals surface area contributed by atoms with E-state index in [1.54, 1.807) is 14.0 Å². The lowest BCUT2D eigenvalue weighted by Crippen LogP contribution is -2.39. The summed E-state index contributed by atoms with van der Waals surface area (Å²) in [6.07, 6.45) is 3.61. The summed E-state index contributed by atoms with van der Waals surface area (Å²) in [5.41, 5.74) is 0.291. The summed E-state index contributed by atoms with van der Waals surface area (Å²) in [6.45, 7) is 4.09. The van der Waals surface area contributed by atoms with Crippen molar-refractivity contribution in [3.05, 3.63) is 23.8 Å². The number of aliphatic hydroxyl groups is 1. The number of aliphatic hydroxyl groups excluding tert-OH is 1. The first-order valence-corrected chi connectivity index (χ1v) is 9.39. The van der Waals surface area contributed by atoms with Crippen LogP contribution in [0.3, 0.4) is 0 Å². The Morgan fingerprint density at radius 2 is 2.00 bits per heavy atom. The van der Waals surface area contributed by atoms with Crippen LogP contribution >= 0.6 is 0 Å². The lowest BCUT2D eigenvalue weighted by atomic mass is 9.75. The standard InChI is InChI=1S/C20H29NO5/c1-13(22)20(2)10-11-21(19(23)24)18(20)14-8-9-16(25-3)17(12-14)26-15-6-4-5-7-15/h8-9,12-13,15,18,22H,4-7,10-11H2,1-3H3,(H,23,24). The van der Waals surface area contributed by atoms with Gasteiger partial charge in [-0.25, -0.2) is 4.79 Å². The molecule has 1 heterocycles. The lowest BCUT2D eigenvalue weighted by Gasteiger charge is -2.37. The zero-order valence-corrected chi connectivity index (χ0v) is 15.8. The van der Waals surface area contributed by atoms with Crippen molar-refractivity contribution in [2.24, 2.45) is 5.41 Å². The summed E-state index contributed by atoms with van der Waals surface area (Å²) in [5, 5.41) is 20.0. The number of methoxy groups -OCH3 is 1. The van der Waals surface area contributed by atoms with Crippen LogP contribution in [0.2, 0.25) is 0 Å². The third-order valence-corrected chi connectivity index (χ3v) is 6.13. The van der Waals surface area contributed by atoms with Crippen LogP contribution in [0.5, 0.6) is 11.5 Å².